The molecule has 0 radical (unpaired) electrons. The van der Waals surface area contributed by atoms with Gasteiger partial charge in [-0.3, -0.25) is 9.59 Å². The topological polar surface area (TPSA) is 89.8 Å². The molecule has 0 aromatic carbocycles. The van der Waals surface area contributed by atoms with E-state index < -0.39 is 6.29 Å². The minimum atomic E-state index is -0.413. The van der Waals surface area contributed by atoms with E-state index in [1.165, 1.54) is 25.7 Å². The van der Waals surface area contributed by atoms with Crippen molar-refractivity contribution >= 4 is 11.8 Å². The maximum atomic E-state index is 12.7. The van der Waals surface area contributed by atoms with Crippen LogP contribution in [0.15, 0.2) is 6.20 Å². The van der Waals surface area contributed by atoms with Crippen LogP contribution < -0.4 is 0 Å². The van der Waals surface area contributed by atoms with Crippen molar-refractivity contribution in [1.29, 1.82) is 0 Å². The molecule has 2 fully saturated rings. The van der Waals surface area contributed by atoms with E-state index >= 15 is 0 Å². The fraction of sp³-hybridized carbons (Fsp3) is 0.800. The quantitative estimate of drug-likeness (QED) is 0.577. The van der Waals surface area contributed by atoms with E-state index in [0.29, 0.717) is 64.0 Å². The van der Waals surface area contributed by atoms with Crippen LogP contribution in [0, 0.1) is 5.92 Å². The van der Waals surface area contributed by atoms with Crippen LogP contribution in [0.4, 0.5) is 0 Å². The number of rotatable bonds is 9. The Kier molecular flexibility index (Phi) is 8.00. The van der Waals surface area contributed by atoms with Crippen LogP contribution in [0.1, 0.15) is 56.4 Å². The molecule has 29 heavy (non-hydrogen) atoms. The maximum absolute atomic E-state index is 12.7. The van der Waals surface area contributed by atoms with Gasteiger partial charge in [0.05, 0.1) is 12.7 Å². The molecule has 1 aromatic heterocycles. The first-order valence-electron chi connectivity index (χ1n) is 10.8. The number of ether oxygens (including phenoxy) is 2. The van der Waals surface area contributed by atoms with Crippen molar-refractivity contribution in [2.45, 2.75) is 58.8 Å². The lowest BCUT2D eigenvalue weighted by molar-refractivity contribution is -0.145. The fourth-order valence-corrected chi connectivity index (χ4v) is 4.08. The van der Waals surface area contributed by atoms with Gasteiger partial charge in [0.1, 0.15) is 0 Å². The Balaban J connectivity index is 1.47. The highest BCUT2D eigenvalue weighted by Gasteiger charge is 2.28. The largest absolute Gasteiger partial charge is 0.351 e. The van der Waals surface area contributed by atoms with Crippen LogP contribution >= 0.6 is 0 Å². The molecule has 0 atom stereocenters. The molecule has 1 aromatic rings. The molecule has 0 spiro atoms. The molecule has 2 heterocycles. The van der Waals surface area contributed by atoms with Crippen molar-refractivity contribution in [2.24, 2.45) is 5.92 Å². The third-order valence-corrected chi connectivity index (χ3v) is 5.66. The molecule has 2 amide bonds. The number of nitrogens with zero attached hydrogens (tertiary/aromatic N) is 5. The molecule has 9 nitrogen and oxygen atoms in total. The van der Waals surface area contributed by atoms with Crippen molar-refractivity contribution in [3.63, 3.8) is 0 Å². The Bertz CT molecular complexity index is 660. The molecule has 1 saturated carbocycles. The molecule has 162 valence electrons. The number of carbonyl (C=O) groups is 2. The number of carbonyl (C=O) groups excluding carboxylic acids is 2. The average Bonchev–Trinajstić information content (AvgIpc) is 3.40. The van der Waals surface area contributed by atoms with Gasteiger partial charge in [-0.15, -0.1) is 5.10 Å². The molecule has 9 heteroatoms. The standard InChI is InChI=1S/C20H33N5O4/c1-3-28-19(29-4-2)15-25-14-17(21-22-25)20(27)24-11-9-23(10-12-24)18(26)13-16-7-5-6-8-16/h14,16,19H,3-13,15H2,1-2H3. The second-order valence-electron chi connectivity index (χ2n) is 7.69. The SMILES string of the molecule is CCOC(Cn1cc(C(=O)N2CCN(C(=O)CC3CCCC3)CC2)nn1)OCC. The number of hydrogen-bond donors (Lipinski definition) is 0. The summed E-state index contributed by atoms with van der Waals surface area (Å²) in [4.78, 5) is 28.9. The van der Waals surface area contributed by atoms with Crippen LogP contribution in [-0.2, 0) is 20.8 Å². The van der Waals surface area contributed by atoms with E-state index in [0.717, 1.165) is 0 Å². The van der Waals surface area contributed by atoms with E-state index in [-0.39, 0.29) is 11.8 Å². The highest BCUT2D eigenvalue weighted by atomic mass is 16.7. The minimum absolute atomic E-state index is 0.150. The molecular weight excluding hydrogens is 374 g/mol. The van der Waals surface area contributed by atoms with Crippen LogP contribution in [0.2, 0.25) is 0 Å². The number of amides is 2. The van der Waals surface area contributed by atoms with Gasteiger partial charge in [0.25, 0.3) is 5.91 Å². The second kappa shape index (κ2) is 10.7. The summed E-state index contributed by atoms with van der Waals surface area (Å²) in [5.41, 5.74) is 0.308. The van der Waals surface area contributed by atoms with E-state index in [2.05, 4.69) is 10.3 Å². The Morgan fingerprint density at radius 2 is 1.69 bits per heavy atom. The first-order valence-corrected chi connectivity index (χ1v) is 10.8. The van der Waals surface area contributed by atoms with E-state index in [4.69, 9.17) is 9.47 Å². The van der Waals surface area contributed by atoms with Crippen LogP contribution in [0.5, 0.6) is 0 Å². The summed E-state index contributed by atoms with van der Waals surface area (Å²) in [5, 5.41) is 8.05. The summed E-state index contributed by atoms with van der Waals surface area (Å²) in [7, 11) is 0. The summed E-state index contributed by atoms with van der Waals surface area (Å²) in [6.45, 7) is 7.49. The van der Waals surface area contributed by atoms with Gasteiger partial charge in [0.15, 0.2) is 12.0 Å². The first kappa shape index (κ1) is 21.7. The number of hydrogen-bond acceptors (Lipinski definition) is 6. The van der Waals surface area contributed by atoms with Gasteiger partial charge in [-0.2, -0.15) is 0 Å². The molecular formula is C20H33N5O4. The third kappa shape index (κ3) is 5.99. The van der Waals surface area contributed by atoms with Crippen LogP contribution in [0.3, 0.4) is 0 Å². The maximum Gasteiger partial charge on any atom is 0.276 e. The summed E-state index contributed by atoms with van der Waals surface area (Å²) < 4.78 is 12.6. The average molecular weight is 408 g/mol. The molecule has 3 rings (SSSR count). The lowest BCUT2D eigenvalue weighted by Gasteiger charge is -2.34. The summed E-state index contributed by atoms with van der Waals surface area (Å²) >= 11 is 0. The van der Waals surface area contributed by atoms with E-state index in [1.54, 1.807) is 15.8 Å². The normalized spacial score (nSPS) is 18.0. The smallest absolute Gasteiger partial charge is 0.276 e. The lowest BCUT2D eigenvalue weighted by Crippen LogP contribution is -2.50. The van der Waals surface area contributed by atoms with Gasteiger partial charge in [-0.1, -0.05) is 18.1 Å². The predicted octanol–water partition coefficient (Wildman–Crippen LogP) is 1.54. The van der Waals surface area contributed by atoms with Crippen LogP contribution in [-0.4, -0.2) is 82.3 Å². The van der Waals surface area contributed by atoms with Crippen LogP contribution in [0.25, 0.3) is 0 Å². The van der Waals surface area contributed by atoms with E-state index in [1.807, 2.05) is 18.7 Å². The zero-order chi connectivity index (χ0) is 20.6. The molecule has 0 unspecified atom stereocenters. The monoisotopic (exact) mass is 407 g/mol. The van der Waals surface area contributed by atoms with Crippen molar-refractivity contribution in [3.05, 3.63) is 11.9 Å². The lowest BCUT2D eigenvalue weighted by atomic mass is 10.0. The van der Waals surface area contributed by atoms with Gasteiger partial charge >= 0.3 is 0 Å². The van der Waals surface area contributed by atoms with Gasteiger partial charge in [-0.25, -0.2) is 4.68 Å². The van der Waals surface area contributed by atoms with Crippen molar-refractivity contribution in [1.82, 2.24) is 24.8 Å². The molecule has 1 saturated heterocycles. The number of aromatic nitrogens is 3. The van der Waals surface area contributed by atoms with E-state index in [9.17, 15) is 9.59 Å². The van der Waals surface area contributed by atoms with Crippen molar-refractivity contribution in [3.8, 4) is 0 Å². The fourth-order valence-electron chi connectivity index (χ4n) is 4.08. The Morgan fingerprint density at radius 1 is 1.07 bits per heavy atom. The second-order valence-corrected chi connectivity index (χ2v) is 7.69. The highest BCUT2D eigenvalue weighted by molar-refractivity contribution is 5.92. The molecule has 1 aliphatic heterocycles. The Morgan fingerprint density at radius 3 is 2.31 bits per heavy atom. The summed E-state index contributed by atoms with van der Waals surface area (Å²) in [6, 6.07) is 0. The van der Waals surface area contributed by atoms with Gasteiger partial charge in [-0.05, 0) is 32.6 Å². The Labute approximate surface area is 172 Å². The summed E-state index contributed by atoms with van der Waals surface area (Å²) in [6.07, 6.45) is 6.71. The summed E-state index contributed by atoms with van der Waals surface area (Å²) in [5.74, 6) is 0.630. The molecule has 2 aliphatic rings. The Hall–Kier alpha value is -2.00. The molecule has 0 bridgehead atoms. The molecule has 1 aliphatic carbocycles. The number of piperazine rings is 1. The highest BCUT2D eigenvalue weighted by Crippen LogP contribution is 2.28. The zero-order valence-electron chi connectivity index (χ0n) is 17.6. The van der Waals surface area contributed by atoms with Crippen molar-refractivity contribution < 1.29 is 19.1 Å². The van der Waals surface area contributed by atoms with Crippen molar-refractivity contribution in [2.75, 3.05) is 39.4 Å². The molecule has 0 N–H and O–H groups in total. The minimum Gasteiger partial charge on any atom is -0.351 e. The van der Waals surface area contributed by atoms with Gasteiger partial charge in [0.2, 0.25) is 5.91 Å². The predicted molar refractivity (Wildman–Crippen MR) is 106 cm³/mol. The van der Waals surface area contributed by atoms with Gasteiger partial charge < -0.3 is 19.3 Å². The zero-order valence-corrected chi connectivity index (χ0v) is 17.6. The first-order chi connectivity index (χ1) is 14.1. The third-order valence-electron chi connectivity index (χ3n) is 5.66. The van der Waals surface area contributed by atoms with Gasteiger partial charge in [0, 0.05) is 45.8 Å².